The predicted molar refractivity (Wildman–Crippen MR) is 82.8 cm³/mol. The summed E-state index contributed by atoms with van der Waals surface area (Å²) in [5, 5.41) is 11.3. The van der Waals surface area contributed by atoms with Crippen molar-refractivity contribution < 1.29 is 13.3 Å². The lowest BCUT2D eigenvalue weighted by Gasteiger charge is -2.19. The number of benzene rings is 2. The second-order valence-corrected chi connectivity index (χ2v) is 7.09. The lowest BCUT2D eigenvalue weighted by atomic mass is 10.2. The van der Waals surface area contributed by atoms with Crippen molar-refractivity contribution in [3.05, 3.63) is 63.2 Å². The molecule has 0 fully saturated rings. The molecule has 0 aliphatic carbocycles. The van der Waals surface area contributed by atoms with Crippen molar-refractivity contribution in [2.45, 2.75) is 11.3 Å². The van der Waals surface area contributed by atoms with E-state index in [4.69, 9.17) is 11.6 Å². The number of sulfonamides is 1. The summed E-state index contributed by atoms with van der Waals surface area (Å²) in [4.78, 5) is 10.1. The van der Waals surface area contributed by atoms with E-state index in [1.54, 1.807) is 12.1 Å². The summed E-state index contributed by atoms with van der Waals surface area (Å²) in [6.07, 6.45) is 0.580. The Morgan fingerprint density at radius 2 is 1.91 bits per heavy atom. The van der Waals surface area contributed by atoms with Gasteiger partial charge in [-0.2, -0.15) is 0 Å². The number of hydrogen-bond donors (Lipinski definition) is 0. The molecule has 0 unspecified atom stereocenters. The maximum Gasteiger partial charge on any atom is 0.291 e. The summed E-state index contributed by atoms with van der Waals surface area (Å²) in [5.41, 5.74) is 0.950. The maximum absolute atomic E-state index is 12.8. The summed E-state index contributed by atoms with van der Waals surface area (Å²) in [5.74, 6) is 0. The molecule has 2 aromatic carbocycles. The van der Waals surface area contributed by atoms with Crippen molar-refractivity contribution in [3.63, 3.8) is 0 Å². The quantitative estimate of drug-likeness (QED) is 0.636. The Kier molecular flexibility index (Phi) is 3.54. The number of para-hydroxylation sites is 1. The second-order valence-electron chi connectivity index (χ2n) is 4.83. The van der Waals surface area contributed by atoms with Gasteiger partial charge in [-0.15, -0.1) is 0 Å². The van der Waals surface area contributed by atoms with Crippen LogP contribution in [0.15, 0.2) is 47.4 Å². The van der Waals surface area contributed by atoms with Crippen LogP contribution in [0.25, 0.3) is 0 Å². The molecule has 1 aliphatic rings. The van der Waals surface area contributed by atoms with Gasteiger partial charge in [-0.3, -0.25) is 14.4 Å². The van der Waals surface area contributed by atoms with E-state index in [1.807, 2.05) is 12.1 Å². The van der Waals surface area contributed by atoms with Crippen LogP contribution in [-0.4, -0.2) is 19.9 Å². The summed E-state index contributed by atoms with van der Waals surface area (Å²) < 4.78 is 26.8. The van der Waals surface area contributed by atoms with Crippen LogP contribution < -0.4 is 4.31 Å². The lowest BCUT2D eigenvalue weighted by molar-refractivity contribution is -0.387. The summed E-state index contributed by atoms with van der Waals surface area (Å²) in [7, 11) is -4.01. The topological polar surface area (TPSA) is 80.5 Å². The zero-order chi connectivity index (χ0) is 15.9. The Morgan fingerprint density at radius 1 is 1.18 bits per heavy atom. The van der Waals surface area contributed by atoms with Crippen molar-refractivity contribution >= 4 is 33.0 Å². The molecule has 0 atom stereocenters. The average Bonchev–Trinajstić information content (AvgIpc) is 2.91. The first kappa shape index (κ1) is 14.8. The minimum absolute atomic E-state index is 0.118. The fraction of sp³-hybridized carbons (Fsp3) is 0.143. The smallest absolute Gasteiger partial charge is 0.266 e. The van der Waals surface area contributed by atoms with E-state index in [9.17, 15) is 18.5 Å². The Hall–Kier alpha value is -2.12. The fourth-order valence-corrected chi connectivity index (χ4v) is 4.34. The average molecular weight is 339 g/mol. The van der Waals surface area contributed by atoms with Crippen LogP contribution in [0.1, 0.15) is 5.56 Å². The van der Waals surface area contributed by atoms with E-state index in [2.05, 4.69) is 0 Å². The largest absolute Gasteiger partial charge is 0.291 e. The minimum Gasteiger partial charge on any atom is -0.266 e. The van der Waals surface area contributed by atoms with Crippen LogP contribution in [0, 0.1) is 10.1 Å². The molecule has 0 bridgehead atoms. The summed E-state index contributed by atoms with van der Waals surface area (Å²) in [6, 6.07) is 10.7. The molecule has 3 rings (SSSR count). The number of hydrogen-bond acceptors (Lipinski definition) is 4. The van der Waals surface area contributed by atoms with Crippen molar-refractivity contribution in [3.8, 4) is 0 Å². The van der Waals surface area contributed by atoms with Gasteiger partial charge in [0.15, 0.2) is 4.90 Å². The van der Waals surface area contributed by atoms with Gasteiger partial charge in [-0.25, -0.2) is 8.42 Å². The summed E-state index contributed by atoms with van der Waals surface area (Å²) >= 11 is 5.74. The minimum atomic E-state index is -4.01. The number of nitro benzene ring substituents is 1. The third kappa shape index (κ3) is 2.32. The van der Waals surface area contributed by atoms with Gasteiger partial charge in [0.05, 0.1) is 10.6 Å². The fourth-order valence-electron chi connectivity index (χ4n) is 2.53. The highest BCUT2D eigenvalue weighted by Crippen LogP contribution is 2.36. The molecule has 0 spiro atoms. The monoisotopic (exact) mass is 338 g/mol. The van der Waals surface area contributed by atoms with Crippen LogP contribution in [0.4, 0.5) is 11.4 Å². The van der Waals surface area contributed by atoms with Gasteiger partial charge < -0.3 is 0 Å². The molecule has 114 valence electrons. The lowest BCUT2D eigenvalue weighted by Crippen LogP contribution is -2.29. The zero-order valence-corrected chi connectivity index (χ0v) is 12.8. The number of nitro groups is 1. The molecule has 22 heavy (non-hydrogen) atoms. The van der Waals surface area contributed by atoms with Gasteiger partial charge >= 0.3 is 0 Å². The molecule has 1 aliphatic heterocycles. The first-order chi connectivity index (χ1) is 10.4. The maximum atomic E-state index is 12.8. The molecule has 0 amide bonds. The van der Waals surface area contributed by atoms with Crippen LogP contribution in [0.3, 0.4) is 0 Å². The highest BCUT2D eigenvalue weighted by Gasteiger charge is 2.35. The van der Waals surface area contributed by atoms with E-state index in [1.165, 1.54) is 16.4 Å². The molecule has 2 aromatic rings. The molecule has 0 N–H and O–H groups in total. The van der Waals surface area contributed by atoms with Crippen LogP contribution in [0.5, 0.6) is 0 Å². The van der Waals surface area contributed by atoms with Crippen molar-refractivity contribution in [2.24, 2.45) is 0 Å². The summed E-state index contributed by atoms with van der Waals surface area (Å²) in [6.45, 7) is 0.265. The molecule has 1 heterocycles. The number of fused-ring (bicyclic) bond motifs is 1. The highest BCUT2D eigenvalue weighted by atomic mass is 35.5. The van der Waals surface area contributed by atoms with E-state index in [-0.39, 0.29) is 16.5 Å². The molecule has 0 radical (unpaired) electrons. The first-order valence-corrected chi connectivity index (χ1v) is 8.27. The second kappa shape index (κ2) is 5.26. The highest BCUT2D eigenvalue weighted by molar-refractivity contribution is 7.93. The molecule has 0 aromatic heterocycles. The van der Waals surface area contributed by atoms with Gasteiger partial charge in [0.25, 0.3) is 15.7 Å². The molecule has 8 heteroatoms. The van der Waals surface area contributed by atoms with Gasteiger partial charge in [-0.1, -0.05) is 29.8 Å². The van der Waals surface area contributed by atoms with Gasteiger partial charge in [0.1, 0.15) is 0 Å². The van der Waals surface area contributed by atoms with Crippen molar-refractivity contribution in [2.75, 3.05) is 10.8 Å². The molecule has 6 nitrogen and oxygen atoms in total. The van der Waals surface area contributed by atoms with Crippen molar-refractivity contribution in [1.82, 2.24) is 0 Å². The molecular weight excluding hydrogens is 328 g/mol. The van der Waals surface area contributed by atoms with Crippen LogP contribution in [-0.2, 0) is 16.4 Å². The number of anilines is 1. The number of halogens is 1. The molecule has 0 saturated heterocycles. The van der Waals surface area contributed by atoms with Gasteiger partial charge in [-0.05, 0) is 30.2 Å². The Balaban J connectivity index is 2.15. The predicted octanol–water partition coefficient (Wildman–Crippen LogP) is 3.00. The van der Waals surface area contributed by atoms with Crippen molar-refractivity contribution in [1.29, 1.82) is 0 Å². The van der Waals surface area contributed by atoms with Gasteiger partial charge in [0, 0.05) is 17.6 Å². The molecule has 0 saturated carbocycles. The molecular formula is C14H11ClN2O4S. The number of rotatable bonds is 3. The van der Waals surface area contributed by atoms with E-state index >= 15 is 0 Å². The van der Waals surface area contributed by atoms with Gasteiger partial charge in [0.2, 0.25) is 0 Å². The first-order valence-electron chi connectivity index (χ1n) is 6.46. The number of nitrogens with zero attached hydrogens (tertiary/aromatic N) is 2. The van der Waals surface area contributed by atoms with E-state index in [0.717, 1.165) is 11.6 Å². The SMILES string of the molecule is O=[N+]([O-])c1cc(Cl)ccc1S(=O)(=O)N1CCc2ccccc21. The standard InChI is InChI=1S/C14H11ClN2O4S/c15-11-5-6-14(13(9-11)17(18)19)22(20,21)16-8-7-10-3-1-2-4-12(10)16/h1-6,9H,7-8H2. The Labute approximate surface area is 132 Å². The third-order valence-electron chi connectivity index (χ3n) is 3.53. The van der Waals surface area contributed by atoms with E-state index < -0.39 is 20.6 Å². The Bertz CT molecular complexity index is 867. The van der Waals surface area contributed by atoms with Crippen LogP contribution in [0.2, 0.25) is 5.02 Å². The Morgan fingerprint density at radius 3 is 2.64 bits per heavy atom. The van der Waals surface area contributed by atoms with Crippen LogP contribution >= 0.6 is 11.6 Å². The van der Waals surface area contributed by atoms with E-state index in [0.29, 0.717) is 12.1 Å². The third-order valence-corrected chi connectivity index (χ3v) is 5.63. The normalized spacial score (nSPS) is 14.0. The zero-order valence-electron chi connectivity index (χ0n) is 11.3.